The van der Waals surface area contributed by atoms with Crippen molar-refractivity contribution in [1.29, 1.82) is 0 Å². The van der Waals surface area contributed by atoms with Gasteiger partial charge >= 0.3 is 0 Å². The Hall–Kier alpha value is -1.90. The number of benzene rings is 1. The molecule has 0 spiro atoms. The van der Waals surface area contributed by atoms with Gasteiger partial charge in [-0.1, -0.05) is 6.07 Å². The van der Waals surface area contributed by atoms with Crippen LogP contribution in [-0.2, 0) is 0 Å². The van der Waals surface area contributed by atoms with Crippen molar-refractivity contribution in [2.45, 2.75) is 13.8 Å². The molecule has 0 saturated heterocycles. The summed E-state index contributed by atoms with van der Waals surface area (Å²) in [5, 5.41) is 0. The molecular formula is C13H14N2O. The number of hydrogen-bond donors (Lipinski definition) is 0. The van der Waals surface area contributed by atoms with Crippen molar-refractivity contribution in [1.82, 2.24) is 9.97 Å². The molecule has 2 rings (SSSR count). The number of aryl methyl sites for hydroxylation is 2. The molecular weight excluding hydrogens is 200 g/mol. The van der Waals surface area contributed by atoms with E-state index in [0.717, 1.165) is 28.1 Å². The molecule has 0 aliphatic rings. The molecule has 16 heavy (non-hydrogen) atoms. The highest BCUT2D eigenvalue weighted by Gasteiger charge is 2.06. The highest BCUT2D eigenvalue weighted by molar-refractivity contribution is 5.69. The second kappa shape index (κ2) is 4.31. The summed E-state index contributed by atoms with van der Waals surface area (Å²) in [5.41, 5.74) is 4.38. The maximum Gasteiger partial charge on any atom is 0.119 e. The van der Waals surface area contributed by atoms with E-state index in [1.54, 1.807) is 13.4 Å². The van der Waals surface area contributed by atoms with E-state index in [9.17, 15) is 0 Å². The lowest BCUT2D eigenvalue weighted by Crippen LogP contribution is -1.92. The normalized spacial score (nSPS) is 10.2. The van der Waals surface area contributed by atoms with E-state index in [-0.39, 0.29) is 0 Å². The minimum Gasteiger partial charge on any atom is -0.497 e. The first kappa shape index (κ1) is 10.6. The second-order valence-corrected chi connectivity index (χ2v) is 3.70. The summed E-state index contributed by atoms with van der Waals surface area (Å²) >= 11 is 0. The molecule has 0 aliphatic heterocycles. The van der Waals surface area contributed by atoms with Gasteiger partial charge in [-0.05, 0) is 37.1 Å². The summed E-state index contributed by atoms with van der Waals surface area (Å²) in [6.07, 6.45) is 3.41. The average Bonchev–Trinajstić information content (AvgIpc) is 2.30. The van der Waals surface area contributed by atoms with Crippen molar-refractivity contribution >= 4 is 0 Å². The van der Waals surface area contributed by atoms with Gasteiger partial charge in [-0.15, -0.1) is 0 Å². The van der Waals surface area contributed by atoms with Gasteiger partial charge in [-0.2, -0.15) is 0 Å². The Morgan fingerprint density at radius 2 is 1.94 bits per heavy atom. The Labute approximate surface area is 95.1 Å². The third-order valence-corrected chi connectivity index (χ3v) is 2.64. The largest absolute Gasteiger partial charge is 0.497 e. The highest BCUT2D eigenvalue weighted by Crippen LogP contribution is 2.27. The molecule has 1 aromatic heterocycles. The molecule has 0 saturated carbocycles. The summed E-state index contributed by atoms with van der Waals surface area (Å²) in [5.74, 6) is 0.871. The van der Waals surface area contributed by atoms with Gasteiger partial charge in [0.05, 0.1) is 7.11 Å². The Bertz CT molecular complexity index is 509. The van der Waals surface area contributed by atoms with Crippen molar-refractivity contribution in [3.05, 3.63) is 42.0 Å². The summed E-state index contributed by atoms with van der Waals surface area (Å²) < 4.78 is 5.18. The summed E-state index contributed by atoms with van der Waals surface area (Å²) in [4.78, 5) is 8.26. The topological polar surface area (TPSA) is 35.0 Å². The molecule has 3 heteroatoms. The lowest BCUT2D eigenvalue weighted by molar-refractivity contribution is 0.414. The van der Waals surface area contributed by atoms with Crippen LogP contribution in [0.1, 0.15) is 11.3 Å². The van der Waals surface area contributed by atoms with Gasteiger partial charge in [0.25, 0.3) is 0 Å². The van der Waals surface area contributed by atoms with Crippen molar-refractivity contribution < 1.29 is 4.74 Å². The fourth-order valence-corrected chi connectivity index (χ4v) is 1.72. The summed E-state index contributed by atoms with van der Waals surface area (Å²) in [6.45, 7) is 4.05. The second-order valence-electron chi connectivity index (χ2n) is 3.70. The third kappa shape index (κ3) is 1.89. The van der Waals surface area contributed by atoms with Crippen LogP contribution in [0.4, 0.5) is 0 Å². The summed E-state index contributed by atoms with van der Waals surface area (Å²) in [7, 11) is 1.67. The molecule has 0 amide bonds. The Balaban J connectivity index is 2.53. The molecule has 0 bridgehead atoms. The molecule has 0 atom stereocenters. The fraction of sp³-hybridized carbons (Fsp3) is 0.231. The Morgan fingerprint density at radius 1 is 1.12 bits per heavy atom. The van der Waals surface area contributed by atoms with Crippen molar-refractivity contribution in [3.63, 3.8) is 0 Å². The minimum absolute atomic E-state index is 0.871. The lowest BCUT2D eigenvalue weighted by Gasteiger charge is -2.09. The molecule has 3 nitrogen and oxygen atoms in total. The molecule has 0 fully saturated rings. The first-order chi connectivity index (χ1) is 7.72. The van der Waals surface area contributed by atoms with E-state index in [4.69, 9.17) is 4.74 Å². The van der Waals surface area contributed by atoms with Gasteiger partial charge in [-0.3, -0.25) is 0 Å². The zero-order chi connectivity index (χ0) is 11.5. The van der Waals surface area contributed by atoms with Gasteiger partial charge in [0.1, 0.15) is 12.1 Å². The Morgan fingerprint density at radius 3 is 2.56 bits per heavy atom. The fourth-order valence-electron chi connectivity index (χ4n) is 1.72. The van der Waals surface area contributed by atoms with Gasteiger partial charge < -0.3 is 4.74 Å². The number of methoxy groups -OCH3 is 1. The van der Waals surface area contributed by atoms with E-state index in [0.29, 0.717) is 0 Å². The van der Waals surface area contributed by atoms with Crippen molar-refractivity contribution in [2.75, 3.05) is 7.11 Å². The van der Waals surface area contributed by atoms with Crippen molar-refractivity contribution in [3.8, 4) is 16.9 Å². The van der Waals surface area contributed by atoms with Gasteiger partial charge in [-0.25, -0.2) is 9.97 Å². The van der Waals surface area contributed by atoms with Crippen LogP contribution in [-0.4, -0.2) is 17.1 Å². The average molecular weight is 214 g/mol. The van der Waals surface area contributed by atoms with E-state index in [2.05, 4.69) is 16.9 Å². The van der Waals surface area contributed by atoms with Crippen LogP contribution in [0.2, 0.25) is 0 Å². The number of hydrogen-bond acceptors (Lipinski definition) is 3. The standard InChI is InChI=1S/C13H14N2O/c1-9-6-11(16-3)4-5-12(9)13-7-14-8-15-10(13)2/h4-8H,1-3H3. The molecule has 0 radical (unpaired) electrons. The molecule has 1 aromatic carbocycles. The maximum atomic E-state index is 5.18. The zero-order valence-electron chi connectivity index (χ0n) is 9.69. The zero-order valence-corrected chi connectivity index (χ0v) is 9.69. The molecule has 0 N–H and O–H groups in total. The van der Waals surface area contributed by atoms with Crippen LogP contribution in [0.3, 0.4) is 0 Å². The van der Waals surface area contributed by atoms with Crippen LogP contribution in [0.15, 0.2) is 30.7 Å². The predicted molar refractivity (Wildman–Crippen MR) is 63.5 cm³/mol. The number of ether oxygens (including phenoxy) is 1. The van der Waals surface area contributed by atoms with Gasteiger partial charge in [0.15, 0.2) is 0 Å². The lowest BCUT2D eigenvalue weighted by atomic mass is 10.0. The molecule has 2 aromatic rings. The van der Waals surface area contributed by atoms with E-state index < -0.39 is 0 Å². The van der Waals surface area contributed by atoms with Crippen molar-refractivity contribution in [2.24, 2.45) is 0 Å². The van der Waals surface area contributed by atoms with Crippen LogP contribution < -0.4 is 4.74 Å². The molecule has 1 heterocycles. The Kier molecular flexibility index (Phi) is 2.86. The van der Waals surface area contributed by atoms with E-state index in [1.165, 1.54) is 0 Å². The smallest absolute Gasteiger partial charge is 0.119 e. The van der Waals surface area contributed by atoms with Crippen LogP contribution >= 0.6 is 0 Å². The molecule has 0 aliphatic carbocycles. The van der Waals surface area contributed by atoms with Gasteiger partial charge in [0, 0.05) is 17.5 Å². The molecule has 82 valence electrons. The highest BCUT2D eigenvalue weighted by atomic mass is 16.5. The van der Waals surface area contributed by atoms with Gasteiger partial charge in [0.2, 0.25) is 0 Å². The van der Waals surface area contributed by atoms with Crippen LogP contribution in [0, 0.1) is 13.8 Å². The number of nitrogens with zero attached hydrogens (tertiary/aromatic N) is 2. The number of rotatable bonds is 2. The molecule has 0 unspecified atom stereocenters. The van der Waals surface area contributed by atoms with E-state index in [1.807, 2.05) is 31.3 Å². The number of aromatic nitrogens is 2. The monoisotopic (exact) mass is 214 g/mol. The first-order valence-corrected chi connectivity index (χ1v) is 5.14. The van der Waals surface area contributed by atoms with E-state index >= 15 is 0 Å². The van der Waals surface area contributed by atoms with Crippen LogP contribution in [0.25, 0.3) is 11.1 Å². The maximum absolute atomic E-state index is 5.18. The van der Waals surface area contributed by atoms with Crippen LogP contribution in [0.5, 0.6) is 5.75 Å². The predicted octanol–water partition coefficient (Wildman–Crippen LogP) is 2.77. The first-order valence-electron chi connectivity index (χ1n) is 5.14. The third-order valence-electron chi connectivity index (χ3n) is 2.64. The summed E-state index contributed by atoms with van der Waals surface area (Å²) in [6, 6.07) is 6.01. The SMILES string of the molecule is COc1ccc(-c2cncnc2C)c(C)c1. The quantitative estimate of drug-likeness (QED) is 0.771. The minimum atomic E-state index is 0.871.